The maximum absolute atomic E-state index is 12.6. The van der Waals surface area contributed by atoms with E-state index in [2.05, 4.69) is 10.1 Å². The molecule has 0 aliphatic carbocycles. The van der Waals surface area contributed by atoms with Crippen LogP contribution in [0.15, 0.2) is 23.5 Å². The number of oxime groups is 1. The van der Waals surface area contributed by atoms with Crippen molar-refractivity contribution in [3.05, 3.63) is 24.0 Å². The molecule has 8 heteroatoms. The number of amidine groups is 1. The van der Waals surface area contributed by atoms with Crippen LogP contribution in [0.2, 0.25) is 0 Å². The number of rotatable bonds is 2. The van der Waals surface area contributed by atoms with Crippen LogP contribution >= 0.6 is 0 Å². The van der Waals surface area contributed by atoms with E-state index in [0.29, 0.717) is 5.69 Å². The number of hydrogen-bond acceptors (Lipinski definition) is 4. The molecule has 0 atom stereocenters. The number of nitrogens with two attached hydrogens (primary N) is 1. The first kappa shape index (κ1) is 14.4. The normalized spacial score (nSPS) is 18.4. The van der Waals surface area contributed by atoms with Crippen LogP contribution in [0.25, 0.3) is 0 Å². The molecule has 2 rings (SSSR count). The van der Waals surface area contributed by atoms with Crippen molar-refractivity contribution >= 4 is 11.5 Å². The first-order chi connectivity index (χ1) is 9.43. The second kappa shape index (κ2) is 5.56. The molecule has 0 radical (unpaired) electrons. The first-order valence-electron chi connectivity index (χ1n) is 6.18. The van der Waals surface area contributed by atoms with Crippen molar-refractivity contribution < 1.29 is 18.4 Å². The predicted molar refractivity (Wildman–Crippen MR) is 67.7 cm³/mol. The Morgan fingerprint density at radius 1 is 1.40 bits per heavy atom. The number of nitrogens with zero attached hydrogens (tertiary/aromatic N) is 3. The van der Waals surface area contributed by atoms with Crippen LogP contribution in [-0.4, -0.2) is 35.3 Å². The highest BCUT2D eigenvalue weighted by Gasteiger charge is 2.41. The van der Waals surface area contributed by atoms with Gasteiger partial charge in [0.25, 0.3) is 0 Å². The number of pyridine rings is 1. The lowest BCUT2D eigenvalue weighted by atomic mass is 9.96. The lowest BCUT2D eigenvalue weighted by Gasteiger charge is -2.34. The molecule has 2 heterocycles. The summed E-state index contributed by atoms with van der Waals surface area (Å²) in [6.07, 6.45) is -2.59. The third-order valence-electron chi connectivity index (χ3n) is 3.44. The predicted octanol–water partition coefficient (Wildman–Crippen LogP) is 1.95. The quantitative estimate of drug-likeness (QED) is 0.377. The molecule has 110 valence electrons. The van der Waals surface area contributed by atoms with Crippen LogP contribution in [0, 0.1) is 5.92 Å². The molecule has 0 amide bonds. The molecule has 0 bridgehead atoms. The Balaban J connectivity index is 2.15. The Morgan fingerprint density at radius 3 is 2.60 bits per heavy atom. The fourth-order valence-electron chi connectivity index (χ4n) is 2.34. The van der Waals surface area contributed by atoms with Gasteiger partial charge in [0.15, 0.2) is 5.84 Å². The highest BCUT2D eigenvalue weighted by Crippen LogP contribution is 2.35. The highest BCUT2D eigenvalue weighted by atomic mass is 19.4. The zero-order valence-corrected chi connectivity index (χ0v) is 10.6. The molecule has 20 heavy (non-hydrogen) atoms. The Morgan fingerprint density at radius 2 is 2.05 bits per heavy atom. The average molecular weight is 288 g/mol. The van der Waals surface area contributed by atoms with Gasteiger partial charge < -0.3 is 15.8 Å². The summed E-state index contributed by atoms with van der Waals surface area (Å²) in [7, 11) is 0. The van der Waals surface area contributed by atoms with Crippen LogP contribution < -0.4 is 10.6 Å². The van der Waals surface area contributed by atoms with Gasteiger partial charge in [-0.2, -0.15) is 13.2 Å². The van der Waals surface area contributed by atoms with Gasteiger partial charge in [-0.25, -0.2) is 0 Å². The molecule has 5 nitrogen and oxygen atoms in total. The smallest absolute Gasteiger partial charge is 0.391 e. The minimum atomic E-state index is -4.14. The molecule has 0 saturated carbocycles. The summed E-state index contributed by atoms with van der Waals surface area (Å²) < 4.78 is 37.9. The molecule has 0 aromatic carbocycles. The van der Waals surface area contributed by atoms with E-state index in [9.17, 15) is 13.2 Å². The summed E-state index contributed by atoms with van der Waals surface area (Å²) in [6.45, 7) is 0.531. The Bertz CT molecular complexity index is 496. The van der Waals surface area contributed by atoms with Crippen LogP contribution in [0.1, 0.15) is 18.5 Å². The van der Waals surface area contributed by atoms with E-state index >= 15 is 0 Å². The molecule has 1 fully saturated rings. The lowest BCUT2D eigenvalue weighted by Crippen LogP contribution is -2.40. The van der Waals surface area contributed by atoms with Gasteiger partial charge in [-0.3, -0.25) is 4.98 Å². The van der Waals surface area contributed by atoms with E-state index in [1.54, 1.807) is 17.0 Å². The number of halogens is 3. The van der Waals surface area contributed by atoms with E-state index in [1.807, 2.05) is 0 Å². The van der Waals surface area contributed by atoms with Crippen molar-refractivity contribution in [2.45, 2.75) is 19.0 Å². The number of piperidine rings is 1. The summed E-state index contributed by atoms with van der Waals surface area (Å²) in [5.74, 6) is -1.42. The van der Waals surface area contributed by atoms with Crippen molar-refractivity contribution in [2.24, 2.45) is 16.8 Å². The third-order valence-corrected chi connectivity index (χ3v) is 3.44. The molecule has 0 unspecified atom stereocenters. The van der Waals surface area contributed by atoms with Crippen LogP contribution in [0.3, 0.4) is 0 Å². The van der Waals surface area contributed by atoms with Gasteiger partial charge in [0.1, 0.15) is 5.69 Å². The van der Waals surface area contributed by atoms with Crippen LogP contribution in [0.4, 0.5) is 18.9 Å². The molecular formula is C12H15F3N4O. The monoisotopic (exact) mass is 288 g/mol. The zero-order valence-electron chi connectivity index (χ0n) is 10.6. The van der Waals surface area contributed by atoms with E-state index in [1.165, 1.54) is 6.20 Å². The molecule has 1 aromatic rings. The zero-order chi connectivity index (χ0) is 14.8. The van der Waals surface area contributed by atoms with E-state index in [-0.39, 0.29) is 37.5 Å². The van der Waals surface area contributed by atoms with Crippen LogP contribution in [0.5, 0.6) is 0 Å². The number of aromatic nitrogens is 1. The summed E-state index contributed by atoms with van der Waals surface area (Å²) >= 11 is 0. The topological polar surface area (TPSA) is 74.7 Å². The second-order valence-corrected chi connectivity index (χ2v) is 4.66. The van der Waals surface area contributed by atoms with E-state index < -0.39 is 12.1 Å². The molecule has 1 aliphatic heterocycles. The Hall–Kier alpha value is -1.99. The van der Waals surface area contributed by atoms with Gasteiger partial charge in [0.2, 0.25) is 0 Å². The van der Waals surface area contributed by atoms with Gasteiger partial charge in [0.05, 0.1) is 11.6 Å². The number of hydrogen-bond donors (Lipinski definition) is 2. The SMILES string of the molecule is N/C(=N/O)c1ncccc1N1CCC(C(F)(F)F)CC1. The number of alkyl halides is 3. The molecule has 1 aliphatic rings. The molecular weight excluding hydrogens is 273 g/mol. The van der Waals surface area contributed by atoms with Crippen molar-refractivity contribution in [3.8, 4) is 0 Å². The largest absolute Gasteiger partial charge is 0.409 e. The average Bonchev–Trinajstić information content (AvgIpc) is 2.45. The van der Waals surface area contributed by atoms with Gasteiger partial charge in [-0.05, 0) is 25.0 Å². The summed E-state index contributed by atoms with van der Waals surface area (Å²) in [5.41, 5.74) is 6.39. The molecule has 1 aromatic heterocycles. The van der Waals surface area contributed by atoms with Gasteiger partial charge in [-0.1, -0.05) is 5.16 Å². The number of anilines is 1. The minimum Gasteiger partial charge on any atom is -0.409 e. The lowest BCUT2D eigenvalue weighted by molar-refractivity contribution is -0.179. The van der Waals surface area contributed by atoms with Gasteiger partial charge in [-0.15, -0.1) is 0 Å². The van der Waals surface area contributed by atoms with E-state index in [0.717, 1.165) is 0 Å². The van der Waals surface area contributed by atoms with Crippen molar-refractivity contribution in [1.82, 2.24) is 4.98 Å². The highest BCUT2D eigenvalue weighted by molar-refractivity contribution is 6.00. The first-order valence-corrected chi connectivity index (χ1v) is 6.18. The summed E-state index contributed by atoms with van der Waals surface area (Å²) in [6, 6.07) is 3.37. The maximum Gasteiger partial charge on any atom is 0.391 e. The standard InChI is InChI=1S/C12H15F3N4O/c13-12(14,15)8-3-6-19(7-4-8)9-2-1-5-17-10(9)11(16)18-20/h1-2,5,8,20H,3-4,6-7H2,(H2,16,18). The maximum atomic E-state index is 12.6. The van der Waals surface area contributed by atoms with Crippen molar-refractivity contribution in [1.29, 1.82) is 0 Å². The van der Waals surface area contributed by atoms with Crippen molar-refractivity contribution in [2.75, 3.05) is 18.0 Å². The Labute approximate surface area is 113 Å². The summed E-state index contributed by atoms with van der Waals surface area (Å²) in [5, 5.41) is 11.6. The van der Waals surface area contributed by atoms with Gasteiger partial charge >= 0.3 is 6.18 Å². The second-order valence-electron chi connectivity index (χ2n) is 4.66. The fraction of sp³-hybridized carbons (Fsp3) is 0.500. The molecule has 3 N–H and O–H groups in total. The minimum absolute atomic E-state index is 0.0357. The molecule has 0 spiro atoms. The Kier molecular flexibility index (Phi) is 4.01. The molecule has 1 saturated heterocycles. The third kappa shape index (κ3) is 2.94. The van der Waals surface area contributed by atoms with Crippen molar-refractivity contribution in [3.63, 3.8) is 0 Å². The summed E-state index contributed by atoms with van der Waals surface area (Å²) in [4.78, 5) is 5.79. The van der Waals surface area contributed by atoms with Crippen LogP contribution in [-0.2, 0) is 0 Å². The van der Waals surface area contributed by atoms with Gasteiger partial charge in [0, 0.05) is 19.3 Å². The van der Waals surface area contributed by atoms with E-state index in [4.69, 9.17) is 10.9 Å². The fourth-order valence-corrected chi connectivity index (χ4v) is 2.34.